The molecule has 2 heterocycles. The van der Waals surface area contributed by atoms with E-state index in [0.29, 0.717) is 10.5 Å². The molecule has 0 bridgehead atoms. The van der Waals surface area contributed by atoms with Gasteiger partial charge in [0.2, 0.25) is 5.91 Å². The van der Waals surface area contributed by atoms with Crippen molar-refractivity contribution >= 4 is 48.4 Å². The number of nitrogens with two attached hydrogens (primary N) is 1. The van der Waals surface area contributed by atoms with Crippen molar-refractivity contribution < 1.29 is 49.0 Å². The average molecular weight is 604 g/mol. The molecule has 5 amide bonds. The maximum Gasteiger partial charge on any atom is 0.547 e. The second-order valence-corrected chi connectivity index (χ2v) is 10.1. The Labute approximate surface area is 243 Å². The number of para-hydroxylation sites is 1. The summed E-state index contributed by atoms with van der Waals surface area (Å²) in [4.78, 5) is 65.7. The molecule has 222 valence electrons. The Morgan fingerprint density at radius 1 is 1.19 bits per heavy atom. The number of piperazine rings is 1. The number of phenolic OH excluding ortho intramolecular Hbond substituents is 2. The maximum atomic E-state index is 13.6. The van der Waals surface area contributed by atoms with Gasteiger partial charge in [-0.3, -0.25) is 19.3 Å². The number of amides is 5. The fraction of sp³-hybridized carbons (Fsp3) is 0.320. The first kappa shape index (κ1) is 30.4. The lowest BCUT2D eigenvalue weighted by molar-refractivity contribution is -0.155. The summed E-state index contributed by atoms with van der Waals surface area (Å²) in [5.74, 6) is -6.97. The molecule has 0 spiro atoms. The average Bonchev–Trinajstić information content (AvgIpc) is 2.93. The lowest BCUT2D eigenvalue weighted by atomic mass is 9.72. The number of nitrogens with one attached hydrogen (secondary N) is 2. The van der Waals surface area contributed by atoms with Crippen LogP contribution in [0.3, 0.4) is 0 Å². The Hall–Kier alpha value is -4.54. The van der Waals surface area contributed by atoms with E-state index >= 15 is 0 Å². The molecule has 1 fully saturated rings. The van der Waals surface area contributed by atoms with Gasteiger partial charge in [-0.15, -0.1) is 0 Å². The number of benzene rings is 2. The zero-order chi connectivity index (χ0) is 30.9. The number of urea groups is 1. The Morgan fingerprint density at radius 2 is 1.90 bits per heavy atom. The highest BCUT2D eigenvalue weighted by Gasteiger charge is 2.43. The molecule has 8 N–H and O–H groups in total. The van der Waals surface area contributed by atoms with Gasteiger partial charge in [-0.25, -0.2) is 9.59 Å². The topological polar surface area (TPSA) is 232 Å². The molecule has 3 atom stereocenters. The van der Waals surface area contributed by atoms with Crippen LogP contribution in [0, 0.1) is 0 Å². The number of carbonyl (C=O) groups excluding carboxylic acids is 4. The van der Waals surface area contributed by atoms with Gasteiger partial charge < -0.3 is 46.3 Å². The van der Waals surface area contributed by atoms with Crippen molar-refractivity contribution in [1.29, 1.82) is 0 Å². The van der Waals surface area contributed by atoms with Gasteiger partial charge in [0.25, 0.3) is 0 Å². The van der Waals surface area contributed by atoms with E-state index < -0.39 is 71.4 Å². The van der Waals surface area contributed by atoms with Crippen molar-refractivity contribution in [1.82, 2.24) is 20.4 Å². The van der Waals surface area contributed by atoms with Crippen LogP contribution in [0.15, 0.2) is 30.3 Å². The van der Waals surface area contributed by atoms with E-state index in [1.54, 1.807) is 6.07 Å². The van der Waals surface area contributed by atoms with Crippen LogP contribution in [0.2, 0.25) is 5.02 Å². The number of imide groups is 1. The molecule has 0 radical (unpaired) electrons. The zero-order valence-corrected chi connectivity index (χ0v) is 22.9. The largest absolute Gasteiger partial charge is 0.547 e. The molecule has 42 heavy (non-hydrogen) atoms. The number of carboxylic acids is 1. The third-order valence-electron chi connectivity index (χ3n) is 6.88. The fourth-order valence-corrected chi connectivity index (χ4v) is 5.08. The number of fused-ring (bicyclic) bond motifs is 1. The van der Waals surface area contributed by atoms with Crippen molar-refractivity contribution in [2.75, 3.05) is 19.6 Å². The van der Waals surface area contributed by atoms with Crippen LogP contribution in [0.25, 0.3) is 0 Å². The minimum absolute atomic E-state index is 0.00381. The molecule has 2 aromatic rings. The minimum Gasteiger partial charge on any atom is -0.534 e. The third-order valence-corrected chi connectivity index (χ3v) is 7.27. The fourth-order valence-electron chi connectivity index (χ4n) is 4.82. The minimum atomic E-state index is -1.72. The van der Waals surface area contributed by atoms with Gasteiger partial charge in [0.15, 0.2) is 11.5 Å². The van der Waals surface area contributed by atoms with Crippen molar-refractivity contribution in [2.45, 2.75) is 31.4 Å². The van der Waals surface area contributed by atoms with Crippen molar-refractivity contribution in [3.8, 4) is 17.2 Å². The second-order valence-electron chi connectivity index (χ2n) is 9.71. The summed E-state index contributed by atoms with van der Waals surface area (Å²) < 4.78 is 5.40. The van der Waals surface area contributed by atoms with Crippen LogP contribution in [0.5, 0.6) is 17.2 Å². The highest BCUT2D eigenvalue weighted by atomic mass is 35.5. The van der Waals surface area contributed by atoms with Gasteiger partial charge in [-0.2, -0.15) is 0 Å². The molecule has 0 aromatic heterocycles. The summed E-state index contributed by atoms with van der Waals surface area (Å²) in [5, 5.41) is 44.4. The number of hydrogen-bond acceptors (Lipinski definition) is 10. The Morgan fingerprint density at radius 3 is 2.57 bits per heavy atom. The lowest BCUT2D eigenvalue weighted by Crippen LogP contribution is -2.63. The van der Waals surface area contributed by atoms with Gasteiger partial charge in [-0.05, 0) is 31.0 Å². The molecule has 0 aliphatic carbocycles. The van der Waals surface area contributed by atoms with Crippen LogP contribution in [0.1, 0.15) is 34.5 Å². The zero-order valence-electron chi connectivity index (χ0n) is 22.1. The summed E-state index contributed by atoms with van der Waals surface area (Å²) in [6, 6.07) is 2.84. The van der Waals surface area contributed by atoms with Crippen LogP contribution in [-0.4, -0.2) is 98.6 Å². The second kappa shape index (κ2) is 12.1. The number of rotatable bonds is 7. The molecule has 4 rings (SSSR count). The number of carboxylic acid groups (broad SMARTS) is 1. The van der Waals surface area contributed by atoms with Crippen LogP contribution >= 0.6 is 11.6 Å². The van der Waals surface area contributed by atoms with E-state index in [1.165, 1.54) is 24.0 Å². The SMILES string of the molecule is CC1CN(CCN)C(=O)C(=O)N1C(=O)NC(C(=O)N[C@H]1Cc2cccc(C(=O)O)c2OB1O)c1ccc(O)c(O)c1Cl. The van der Waals surface area contributed by atoms with E-state index in [4.69, 9.17) is 22.0 Å². The Kier molecular flexibility index (Phi) is 8.79. The number of phenols is 2. The Bertz CT molecular complexity index is 1460. The monoisotopic (exact) mass is 603 g/mol. The van der Waals surface area contributed by atoms with Crippen molar-refractivity contribution in [3.63, 3.8) is 0 Å². The van der Waals surface area contributed by atoms with Crippen molar-refractivity contribution in [2.24, 2.45) is 5.73 Å². The first-order chi connectivity index (χ1) is 19.8. The summed E-state index contributed by atoms with van der Waals surface area (Å²) in [6.45, 7) is 1.71. The quantitative estimate of drug-likeness (QED) is 0.119. The molecule has 0 saturated carbocycles. The molecule has 2 unspecified atom stereocenters. The maximum absolute atomic E-state index is 13.6. The van der Waals surface area contributed by atoms with Gasteiger partial charge in [0.1, 0.15) is 11.8 Å². The van der Waals surface area contributed by atoms with Gasteiger partial charge >= 0.3 is 30.9 Å². The van der Waals surface area contributed by atoms with E-state index in [9.17, 15) is 44.3 Å². The predicted octanol–water partition coefficient (Wildman–Crippen LogP) is -0.642. The normalized spacial score (nSPS) is 19.1. The number of hydrogen-bond donors (Lipinski definition) is 7. The standard InChI is InChI=1S/C25H27BClN5O10/c1-11-10-31(8-7-28)22(36)23(37)32(11)25(40)30-18(13-5-6-15(33)19(34)17(13)27)21(35)29-16-9-12-3-2-4-14(24(38)39)20(12)42-26(16)41/h2-6,11,16,18,33-34,41H,7-10,28H2,1H3,(H,29,35)(H,30,40)(H,38,39)/t11?,16-,18?/m0/s1. The number of aromatic carboxylic acids is 1. The number of halogens is 1. The molecule has 2 aliphatic heterocycles. The van der Waals surface area contributed by atoms with Gasteiger partial charge in [-0.1, -0.05) is 29.8 Å². The number of carbonyl (C=O) groups is 5. The third kappa shape index (κ3) is 5.77. The van der Waals surface area contributed by atoms with E-state index in [1.807, 2.05) is 0 Å². The molecule has 15 nitrogen and oxygen atoms in total. The van der Waals surface area contributed by atoms with Crippen LogP contribution < -0.4 is 21.0 Å². The van der Waals surface area contributed by atoms with Crippen LogP contribution in [0.4, 0.5) is 4.79 Å². The number of nitrogens with zero attached hydrogens (tertiary/aromatic N) is 2. The molecule has 17 heteroatoms. The predicted molar refractivity (Wildman–Crippen MR) is 146 cm³/mol. The van der Waals surface area contributed by atoms with E-state index in [2.05, 4.69) is 10.6 Å². The van der Waals surface area contributed by atoms with Crippen LogP contribution in [-0.2, 0) is 20.8 Å². The smallest absolute Gasteiger partial charge is 0.534 e. The van der Waals surface area contributed by atoms with E-state index in [-0.39, 0.29) is 42.9 Å². The molecule has 1 saturated heterocycles. The molecular weight excluding hydrogens is 577 g/mol. The first-order valence-corrected chi connectivity index (χ1v) is 13.1. The highest BCUT2D eigenvalue weighted by Crippen LogP contribution is 2.38. The number of aromatic hydroxyl groups is 2. The summed E-state index contributed by atoms with van der Waals surface area (Å²) in [7, 11) is -1.70. The summed E-state index contributed by atoms with van der Waals surface area (Å²) >= 11 is 6.20. The molecular formula is C25H27BClN5O10. The van der Waals surface area contributed by atoms with Gasteiger partial charge in [0.05, 0.1) is 22.6 Å². The summed E-state index contributed by atoms with van der Waals surface area (Å²) in [6.07, 6.45) is -0.0638. The molecule has 2 aromatic carbocycles. The molecule has 2 aliphatic rings. The van der Waals surface area contributed by atoms with Gasteiger partial charge in [0, 0.05) is 25.2 Å². The highest BCUT2D eigenvalue weighted by molar-refractivity contribution is 6.47. The summed E-state index contributed by atoms with van der Waals surface area (Å²) in [5.41, 5.74) is 5.49. The Balaban J connectivity index is 1.62. The van der Waals surface area contributed by atoms with E-state index in [0.717, 1.165) is 12.1 Å². The first-order valence-electron chi connectivity index (χ1n) is 12.7. The lowest BCUT2D eigenvalue weighted by Gasteiger charge is -2.38. The van der Waals surface area contributed by atoms with Crippen molar-refractivity contribution in [3.05, 3.63) is 52.0 Å².